The van der Waals surface area contributed by atoms with Crippen molar-refractivity contribution in [2.75, 3.05) is 7.11 Å². The first-order valence-electron chi connectivity index (χ1n) is 6.15. The van der Waals surface area contributed by atoms with Gasteiger partial charge in [0.1, 0.15) is 6.04 Å². The first-order chi connectivity index (χ1) is 8.56. The van der Waals surface area contributed by atoms with Gasteiger partial charge in [0.05, 0.1) is 7.11 Å². The molecule has 1 aromatic rings. The molecular formula is C14H20BrNO2. The maximum atomic E-state index is 11.5. The van der Waals surface area contributed by atoms with Gasteiger partial charge in [-0.3, -0.25) is 4.79 Å². The monoisotopic (exact) mass is 313 g/mol. The van der Waals surface area contributed by atoms with Crippen molar-refractivity contribution in [1.82, 2.24) is 5.32 Å². The van der Waals surface area contributed by atoms with Crippen LogP contribution < -0.4 is 5.32 Å². The van der Waals surface area contributed by atoms with Crippen LogP contribution in [0.1, 0.15) is 25.8 Å². The van der Waals surface area contributed by atoms with Crippen molar-refractivity contribution in [2.45, 2.75) is 38.8 Å². The molecule has 0 saturated carbocycles. The largest absolute Gasteiger partial charge is 0.468 e. The molecule has 0 spiro atoms. The lowest BCUT2D eigenvalue weighted by atomic mass is 10.1. The third-order valence-electron chi connectivity index (χ3n) is 2.83. The highest BCUT2D eigenvalue weighted by atomic mass is 79.9. The van der Waals surface area contributed by atoms with Crippen LogP contribution in [0.2, 0.25) is 0 Å². The number of carbonyl (C=O) groups excluding carboxylic acids is 1. The number of carbonyl (C=O) groups is 1. The molecule has 1 aromatic carbocycles. The summed E-state index contributed by atoms with van der Waals surface area (Å²) in [5, 5.41) is 3.29. The van der Waals surface area contributed by atoms with Gasteiger partial charge in [-0.1, -0.05) is 35.0 Å². The van der Waals surface area contributed by atoms with E-state index in [0.717, 1.165) is 17.3 Å². The fourth-order valence-corrected chi connectivity index (χ4v) is 2.14. The van der Waals surface area contributed by atoms with Crippen LogP contribution in [0.25, 0.3) is 0 Å². The molecule has 2 atom stereocenters. The summed E-state index contributed by atoms with van der Waals surface area (Å²) < 4.78 is 5.84. The zero-order chi connectivity index (χ0) is 13.5. The predicted octanol–water partition coefficient (Wildman–Crippen LogP) is 2.92. The van der Waals surface area contributed by atoms with E-state index in [1.165, 1.54) is 12.7 Å². The smallest absolute Gasteiger partial charge is 0.322 e. The Hall–Kier alpha value is -0.870. The van der Waals surface area contributed by atoms with Gasteiger partial charge in [0, 0.05) is 10.5 Å². The minimum atomic E-state index is -0.222. The molecule has 0 saturated heterocycles. The van der Waals surface area contributed by atoms with Crippen LogP contribution in [-0.2, 0) is 16.0 Å². The molecule has 3 nitrogen and oxygen atoms in total. The van der Waals surface area contributed by atoms with Gasteiger partial charge in [-0.15, -0.1) is 0 Å². The Kier molecular flexibility index (Phi) is 6.36. The summed E-state index contributed by atoms with van der Waals surface area (Å²) in [5.41, 5.74) is 1.25. The average molecular weight is 314 g/mol. The highest BCUT2D eigenvalue weighted by Crippen LogP contribution is 2.12. The van der Waals surface area contributed by atoms with Gasteiger partial charge in [-0.25, -0.2) is 0 Å². The van der Waals surface area contributed by atoms with Crippen LogP contribution >= 0.6 is 15.9 Å². The molecule has 0 aliphatic rings. The van der Waals surface area contributed by atoms with Gasteiger partial charge >= 0.3 is 5.97 Å². The normalized spacial score (nSPS) is 14.0. The number of rotatable bonds is 6. The number of halogens is 1. The fraction of sp³-hybridized carbons (Fsp3) is 0.500. The standard InChI is InChI=1S/C14H20BrNO2/c1-4-13(14(17)18-3)16-10(2)9-11-5-7-12(15)8-6-11/h5-8,10,13,16H,4,9H2,1-3H3. The van der Waals surface area contributed by atoms with E-state index in [2.05, 4.69) is 40.3 Å². The summed E-state index contributed by atoms with van der Waals surface area (Å²) in [5.74, 6) is -0.194. The molecule has 2 unspecified atom stereocenters. The molecule has 0 bridgehead atoms. The number of nitrogens with one attached hydrogen (secondary N) is 1. The predicted molar refractivity (Wildman–Crippen MR) is 76.5 cm³/mol. The Bertz CT molecular complexity index is 378. The number of ether oxygens (including phenoxy) is 1. The second kappa shape index (κ2) is 7.54. The topological polar surface area (TPSA) is 38.3 Å². The highest BCUT2D eigenvalue weighted by molar-refractivity contribution is 9.10. The van der Waals surface area contributed by atoms with E-state index in [1.54, 1.807) is 0 Å². The minimum Gasteiger partial charge on any atom is -0.468 e. The Morgan fingerprint density at radius 1 is 1.39 bits per heavy atom. The number of esters is 1. The van der Waals surface area contributed by atoms with Crippen molar-refractivity contribution in [3.8, 4) is 0 Å². The van der Waals surface area contributed by atoms with E-state index in [1.807, 2.05) is 19.1 Å². The molecule has 0 heterocycles. The van der Waals surface area contributed by atoms with Crippen LogP contribution in [0.5, 0.6) is 0 Å². The van der Waals surface area contributed by atoms with Gasteiger partial charge in [-0.2, -0.15) is 0 Å². The molecule has 0 amide bonds. The first-order valence-corrected chi connectivity index (χ1v) is 6.94. The van der Waals surface area contributed by atoms with Crippen molar-refractivity contribution in [3.63, 3.8) is 0 Å². The van der Waals surface area contributed by atoms with Crippen LogP contribution in [0.3, 0.4) is 0 Å². The van der Waals surface area contributed by atoms with E-state index in [9.17, 15) is 4.79 Å². The van der Waals surface area contributed by atoms with Crippen molar-refractivity contribution in [3.05, 3.63) is 34.3 Å². The van der Waals surface area contributed by atoms with E-state index >= 15 is 0 Å². The van der Waals surface area contributed by atoms with Crippen LogP contribution in [0.15, 0.2) is 28.7 Å². The van der Waals surface area contributed by atoms with Crippen LogP contribution in [0, 0.1) is 0 Å². The molecule has 4 heteroatoms. The summed E-state index contributed by atoms with van der Waals surface area (Å²) in [7, 11) is 1.42. The van der Waals surface area contributed by atoms with Crippen LogP contribution in [0.4, 0.5) is 0 Å². The first kappa shape index (κ1) is 15.2. The van der Waals surface area contributed by atoms with Gasteiger partial charge in [0.15, 0.2) is 0 Å². The summed E-state index contributed by atoms with van der Waals surface area (Å²) in [6.07, 6.45) is 1.62. The summed E-state index contributed by atoms with van der Waals surface area (Å²) in [4.78, 5) is 11.5. The molecule has 0 aliphatic heterocycles. The van der Waals surface area contributed by atoms with Crippen molar-refractivity contribution in [2.24, 2.45) is 0 Å². The van der Waals surface area contributed by atoms with E-state index in [0.29, 0.717) is 0 Å². The van der Waals surface area contributed by atoms with Crippen molar-refractivity contribution < 1.29 is 9.53 Å². The highest BCUT2D eigenvalue weighted by Gasteiger charge is 2.18. The third-order valence-corrected chi connectivity index (χ3v) is 3.36. The molecular weight excluding hydrogens is 294 g/mol. The van der Waals surface area contributed by atoms with Gasteiger partial charge in [0.2, 0.25) is 0 Å². The SMILES string of the molecule is CCC(NC(C)Cc1ccc(Br)cc1)C(=O)OC. The van der Waals surface area contributed by atoms with Gasteiger partial charge < -0.3 is 10.1 Å². The summed E-state index contributed by atoms with van der Waals surface area (Å²) in [6.45, 7) is 4.05. The third kappa shape index (κ3) is 4.78. The Balaban J connectivity index is 2.52. The Labute approximate surface area is 117 Å². The number of methoxy groups -OCH3 is 1. The second-order valence-electron chi connectivity index (χ2n) is 4.38. The maximum Gasteiger partial charge on any atom is 0.322 e. The van der Waals surface area contributed by atoms with Crippen molar-refractivity contribution >= 4 is 21.9 Å². The molecule has 18 heavy (non-hydrogen) atoms. The summed E-state index contributed by atoms with van der Waals surface area (Å²) in [6, 6.07) is 8.23. The lowest BCUT2D eigenvalue weighted by Crippen LogP contribution is -2.43. The Morgan fingerprint density at radius 2 is 2.00 bits per heavy atom. The van der Waals surface area contributed by atoms with E-state index < -0.39 is 0 Å². The zero-order valence-electron chi connectivity index (χ0n) is 11.1. The number of benzene rings is 1. The minimum absolute atomic E-state index is 0.194. The van der Waals surface area contributed by atoms with E-state index in [4.69, 9.17) is 4.74 Å². The molecule has 1 N–H and O–H groups in total. The molecule has 0 fully saturated rings. The van der Waals surface area contributed by atoms with Crippen LogP contribution in [-0.4, -0.2) is 25.2 Å². The van der Waals surface area contributed by atoms with E-state index in [-0.39, 0.29) is 18.1 Å². The molecule has 1 rings (SSSR count). The Morgan fingerprint density at radius 3 is 2.50 bits per heavy atom. The maximum absolute atomic E-state index is 11.5. The fourth-order valence-electron chi connectivity index (χ4n) is 1.87. The quantitative estimate of drug-likeness (QED) is 0.821. The molecule has 0 aromatic heterocycles. The molecule has 100 valence electrons. The molecule has 0 aliphatic carbocycles. The molecule has 0 radical (unpaired) electrons. The summed E-state index contributed by atoms with van der Waals surface area (Å²) >= 11 is 3.41. The zero-order valence-corrected chi connectivity index (χ0v) is 12.7. The van der Waals surface area contributed by atoms with Crippen molar-refractivity contribution in [1.29, 1.82) is 0 Å². The lowest BCUT2D eigenvalue weighted by molar-refractivity contribution is -0.143. The van der Waals surface area contributed by atoms with Gasteiger partial charge in [0.25, 0.3) is 0 Å². The second-order valence-corrected chi connectivity index (χ2v) is 5.30. The average Bonchev–Trinajstić information content (AvgIpc) is 2.37. The van der Waals surface area contributed by atoms with Gasteiger partial charge in [-0.05, 0) is 37.5 Å². The lowest BCUT2D eigenvalue weighted by Gasteiger charge is -2.20. The number of hydrogen-bond acceptors (Lipinski definition) is 3. The number of hydrogen-bond donors (Lipinski definition) is 1.